The SMILES string of the molecule is CCCCN(Cc1nc(CCC)n(Cc2ccc(-c3ccccc3S(=O)(=O)NC(=O)CCC)cc2)c1C(=O)O)C(=O)CCC. The number of aromatic carboxylic acids is 1. The summed E-state index contributed by atoms with van der Waals surface area (Å²) in [6, 6.07) is 13.7. The molecule has 11 heteroatoms. The average Bonchev–Trinajstić information content (AvgIpc) is 3.32. The van der Waals surface area contributed by atoms with Gasteiger partial charge in [-0.15, -0.1) is 0 Å². The van der Waals surface area contributed by atoms with Gasteiger partial charge in [0.25, 0.3) is 10.0 Å². The number of carbonyl (C=O) groups excluding carboxylic acids is 2. The van der Waals surface area contributed by atoms with Crippen molar-refractivity contribution >= 4 is 27.8 Å². The molecule has 238 valence electrons. The van der Waals surface area contributed by atoms with Crippen molar-refractivity contribution in [3.8, 4) is 11.1 Å². The highest BCUT2D eigenvalue weighted by Crippen LogP contribution is 2.28. The maximum absolute atomic E-state index is 13.0. The zero-order valence-electron chi connectivity index (χ0n) is 26.1. The molecule has 3 aromatic rings. The van der Waals surface area contributed by atoms with E-state index >= 15 is 0 Å². The minimum Gasteiger partial charge on any atom is -0.477 e. The Kier molecular flexibility index (Phi) is 12.7. The van der Waals surface area contributed by atoms with E-state index in [0.29, 0.717) is 54.9 Å². The van der Waals surface area contributed by atoms with Gasteiger partial charge in [-0.05, 0) is 42.9 Å². The van der Waals surface area contributed by atoms with Gasteiger partial charge >= 0.3 is 5.97 Å². The lowest BCUT2D eigenvalue weighted by Gasteiger charge is -2.22. The van der Waals surface area contributed by atoms with Crippen LogP contribution in [0, 0.1) is 0 Å². The fourth-order valence-electron chi connectivity index (χ4n) is 5.08. The van der Waals surface area contributed by atoms with Crippen molar-refractivity contribution in [2.24, 2.45) is 0 Å². The van der Waals surface area contributed by atoms with Crippen molar-refractivity contribution in [1.29, 1.82) is 0 Å². The molecule has 0 saturated heterocycles. The number of carbonyl (C=O) groups is 3. The van der Waals surface area contributed by atoms with Crippen molar-refractivity contribution in [1.82, 2.24) is 19.2 Å². The normalized spacial score (nSPS) is 11.4. The molecule has 0 unspecified atom stereocenters. The van der Waals surface area contributed by atoms with Crippen LogP contribution in [-0.4, -0.2) is 52.3 Å². The molecule has 3 rings (SSSR count). The van der Waals surface area contributed by atoms with Crippen LogP contribution in [0.15, 0.2) is 53.4 Å². The third-order valence-electron chi connectivity index (χ3n) is 7.24. The first kappa shape index (κ1) is 34.5. The van der Waals surface area contributed by atoms with Crippen LogP contribution >= 0.6 is 0 Å². The maximum atomic E-state index is 13.0. The molecule has 1 aromatic heterocycles. The predicted molar refractivity (Wildman–Crippen MR) is 170 cm³/mol. The van der Waals surface area contributed by atoms with Crippen LogP contribution in [0.2, 0.25) is 0 Å². The van der Waals surface area contributed by atoms with Gasteiger partial charge in [-0.25, -0.2) is 22.9 Å². The molecule has 0 atom stereocenters. The summed E-state index contributed by atoms with van der Waals surface area (Å²) in [5.74, 6) is -1.03. The molecular weight excluding hydrogens is 580 g/mol. The monoisotopic (exact) mass is 624 g/mol. The summed E-state index contributed by atoms with van der Waals surface area (Å²) in [5, 5.41) is 10.3. The molecule has 1 heterocycles. The van der Waals surface area contributed by atoms with Crippen LogP contribution in [-0.2, 0) is 39.1 Å². The summed E-state index contributed by atoms with van der Waals surface area (Å²) < 4.78 is 29.9. The molecule has 44 heavy (non-hydrogen) atoms. The van der Waals surface area contributed by atoms with Crippen molar-refractivity contribution in [2.75, 3.05) is 6.54 Å². The van der Waals surface area contributed by atoms with Gasteiger partial charge in [0.2, 0.25) is 11.8 Å². The summed E-state index contributed by atoms with van der Waals surface area (Å²) in [6.45, 7) is 8.73. The Balaban J connectivity index is 1.96. The van der Waals surface area contributed by atoms with Crippen molar-refractivity contribution < 1.29 is 27.9 Å². The number of aromatic nitrogens is 2. The Hall–Kier alpha value is -3.99. The minimum absolute atomic E-state index is 0.0000901. The molecule has 2 N–H and O–H groups in total. The topological polar surface area (TPSA) is 139 Å². The number of sulfonamides is 1. The second-order valence-electron chi connectivity index (χ2n) is 10.9. The minimum atomic E-state index is -4.07. The number of hydrogen-bond acceptors (Lipinski definition) is 6. The van der Waals surface area contributed by atoms with Crippen LogP contribution in [0.3, 0.4) is 0 Å². The molecule has 10 nitrogen and oxygen atoms in total. The summed E-state index contributed by atoms with van der Waals surface area (Å²) in [4.78, 5) is 43.9. The molecule has 0 spiro atoms. The Morgan fingerprint density at radius 3 is 2.20 bits per heavy atom. The van der Waals surface area contributed by atoms with E-state index in [0.717, 1.165) is 24.8 Å². The largest absolute Gasteiger partial charge is 0.477 e. The summed E-state index contributed by atoms with van der Waals surface area (Å²) in [6.07, 6.45) is 4.82. The van der Waals surface area contributed by atoms with Crippen molar-refractivity contribution in [3.63, 3.8) is 0 Å². The van der Waals surface area contributed by atoms with Crippen LogP contribution in [0.25, 0.3) is 11.1 Å². The lowest BCUT2D eigenvalue weighted by atomic mass is 10.0. The summed E-state index contributed by atoms with van der Waals surface area (Å²) in [7, 11) is -4.07. The van der Waals surface area contributed by atoms with Gasteiger partial charge in [0.05, 0.1) is 17.1 Å². The zero-order chi connectivity index (χ0) is 32.3. The number of nitrogens with zero attached hydrogens (tertiary/aromatic N) is 3. The van der Waals surface area contributed by atoms with Gasteiger partial charge < -0.3 is 14.6 Å². The zero-order valence-corrected chi connectivity index (χ0v) is 27.0. The van der Waals surface area contributed by atoms with Gasteiger partial charge in [0, 0.05) is 37.9 Å². The van der Waals surface area contributed by atoms with E-state index in [9.17, 15) is 27.9 Å². The molecule has 0 aliphatic carbocycles. The lowest BCUT2D eigenvalue weighted by Crippen LogP contribution is -2.32. The molecule has 2 amide bonds. The van der Waals surface area contributed by atoms with E-state index in [-0.39, 0.29) is 36.0 Å². The molecule has 0 radical (unpaired) electrons. The number of hydrogen-bond donors (Lipinski definition) is 2. The van der Waals surface area contributed by atoms with E-state index in [1.165, 1.54) is 6.07 Å². The standard InChI is InChI=1S/C33H44N4O6S/c1-5-9-21-36(31(39)14-8-4)23-27-32(33(40)41)37(29(34-27)12-6-2)22-24-17-19-25(20-18-24)26-15-10-11-16-28(26)44(42,43)35-30(38)13-7-3/h10-11,15-20H,5-9,12-14,21-23H2,1-4H3,(H,35,38)(H,40,41). The Morgan fingerprint density at radius 2 is 1.59 bits per heavy atom. The van der Waals surface area contributed by atoms with Gasteiger partial charge in [0.15, 0.2) is 5.69 Å². The summed E-state index contributed by atoms with van der Waals surface area (Å²) in [5.41, 5.74) is 2.34. The van der Waals surface area contributed by atoms with Crippen molar-refractivity contribution in [3.05, 3.63) is 71.3 Å². The van der Waals surface area contributed by atoms with Gasteiger partial charge in [-0.1, -0.05) is 76.6 Å². The molecular formula is C33H44N4O6S. The number of unbranched alkanes of at least 4 members (excludes halogenated alkanes) is 1. The van der Waals surface area contributed by atoms with E-state index < -0.39 is 21.9 Å². The molecule has 0 bridgehead atoms. The fourth-order valence-corrected chi connectivity index (χ4v) is 6.32. The maximum Gasteiger partial charge on any atom is 0.354 e. The van der Waals surface area contributed by atoms with Gasteiger partial charge in [-0.2, -0.15) is 0 Å². The van der Waals surface area contributed by atoms with Gasteiger partial charge in [-0.3, -0.25) is 9.59 Å². The average molecular weight is 625 g/mol. The van der Waals surface area contributed by atoms with E-state index in [4.69, 9.17) is 4.98 Å². The van der Waals surface area contributed by atoms with E-state index in [2.05, 4.69) is 4.72 Å². The van der Waals surface area contributed by atoms with Crippen LogP contribution < -0.4 is 4.72 Å². The number of nitrogens with one attached hydrogen (secondary N) is 1. The molecule has 0 fully saturated rings. The first-order valence-electron chi connectivity index (χ1n) is 15.4. The van der Waals surface area contributed by atoms with Crippen LogP contribution in [0.1, 0.15) is 100 Å². The first-order valence-corrected chi connectivity index (χ1v) is 16.9. The number of imidazole rings is 1. The highest BCUT2D eigenvalue weighted by atomic mass is 32.2. The number of aryl methyl sites for hydroxylation is 1. The summed E-state index contributed by atoms with van der Waals surface area (Å²) >= 11 is 0. The third-order valence-corrected chi connectivity index (χ3v) is 8.67. The number of amides is 2. The fraction of sp³-hybridized carbons (Fsp3) is 0.455. The quantitative estimate of drug-likeness (QED) is 0.194. The number of rotatable bonds is 17. The second kappa shape index (κ2) is 16.2. The third kappa shape index (κ3) is 8.78. The highest BCUT2D eigenvalue weighted by molar-refractivity contribution is 7.90. The second-order valence-corrected chi connectivity index (χ2v) is 12.5. The predicted octanol–water partition coefficient (Wildman–Crippen LogP) is 5.78. The Labute approximate surface area is 260 Å². The molecule has 0 saturated carbocycles. The van der Waals surface area contributed by atoms with E-state index in [1.807, 2.05) is 32.9 Å². The highest BCUT2D eigenvalue weighted by Gasteiger charge is 2.26. The van der Waals surface area contributed by atoms with Crippen LogP contribution in [0.4, 0.5) is 0 Å². The molecule has 0 aliphatic rings. The van der Waals surface area contributed by atoms with Gasteiger partial charge in [0.1, 0.15) is 5.82 Å². The first-order chi connectivity index (χ1) is 21.1. The number of carboxylic acids is 1. The number of benzene rings is 2. The Bertz CT molecular complexity index is 1550. The molecule has 0 aliphatic heterocycles. The van der Waals surface area contributed by atoms with E-state index in [1.54, 1.807) is 46.7 Å². The smallest absolute Gasteiger partial charge is 0.354 e. The lowest BCUT2D eigenvalue weighted by molar-refractivity contribution is -0.132. The Morgan fingerprint density at radius 1 is 0.909 bits per heavy atom. The number of carboxylic acid groups (broad SMARTS) is 1. The molecule has 2 aromatic carbocycles. The van der Waals surface area contributed by atoms with Crippen molar-refractivity contribution in [2.45, 2.75) is 97.0 Å². The van der Waals surface area contributed by atoms with Crippen LogP contribution in [0.5, 0.6) is 0 Å².